The molecular formula is C25H27N3O3. The Balaban J connectivity index is 1.29. The Kier molecular flexibility index (Phi) is 6.06. The summed E-state index contributed by atoms with van der Waals surface area (Å²) in [7, 11) is 0. The normalized spacial score (nSPS) is 16.5. The van der Waals surface area contributed by atoms with Gasteiger partial charge in [-0.15, -0.1) is 0 Å². The zero-order valence-electron chi connectivity index (χ0n) is 18.0. The highest BCUT2D eigenvalue weighted by molar-refractivity contribution is 5.94. The summed E-state index contributed by atoms with van der Waals surface area (Å²) in [6, 6.07) is 11.4. The number of esters is 1. The van der Waals surface area contributed by atoms with Crippen molar-refractivity contribution in [1.29, 1.82) is 5.26 Å². The van der Waals surface area contributed by atoms with Crippen LogP contribution in [0.3, 0.4) is 0 Å². The summed E-state index contributed by atoms with van der Waals surface area (Å²) < 4.78 is 5.15. The number of amides is 1. The number of fused-ring (bicyclic) bond motifs is 1. The highest BCUT2D eigenvalue weighted by atomic mass is 16.5. The Hall–Kier alpha value is -3.17. The van der Waals surface area contributed by atoms with Gasteiger partial charge in [-0.05, 0) is 81.1 Å². The predicted molar refractivity (Wildman–Crippen MR) is 118 cm³/mol. The van der Waals surface area contributed by atoms with Gasteiger partial charge in [0.25, 0.3) is 0 Å². The van der Waals surface area contributed by atoms with E-state index in [0.29, 0.717) is 17.7 Å². The molecule has 31 heavy (non-hydrogen) atoms. The lowest BCUT2D eigenvalue weighted by Crippen LogP contribution is -2.39. The lowest BCUT2D eigenvalue weighted by molar-refractivity contribution is -0.121. The highest BCUT2D eigenvalue weighted by Crippen LogP contribution is 2.27. The monoisotopic (exact) mass is 417 g/mol. The maximum atomic E-state index is 12.7. The number of nitrogens with one attached hydrogen (secondary N) is 1. The van der Waals surface area contributed by atoms with E-state index in [0.717, 1.165) is 61.3 Å². The summed E-state index contributed by atoms with van der Waals surface area (Å²) in [5, 5.41) is 12.1. The van der Waals surface area contributed by atoms with Crippen molar-refractivity contribution in [2.45, 2.75) is 39.7 Å². The predicted octanol–water partition coefficient (Wildman–Crippen LogP) is 3.74. The van der Waals surface area contributed by atoms with Gasteiger partial charge in [0.2, 0.25) is 5.91 Å². The second-order valence-electron chi connectivity index (χ2n) is 8.45. The number of hydrogen-bond donors (Lipinski definition) is 1. The fourth-order valence-electron chi connectivity index (χ4n) is 4.43. The summed E-state index contributed by atoms with van der Waals surface area (Å²) in [4.78, 5) is 26.8. The standard InChI is InChI=1S/C25H27N3O3/c1-16-3-4-18(14-26)13-23(16)27-24(29)20-8-11-28(12-9-20)10-7-19-5-6-21-22(17(19)2)15-31-25(21)30/h3-6,13,20H,7-12,15H2,1-2H3,(H,27,29). The first-order valence-corrected chi connectivity index (χ1v) is 10.8. The van der Waals surface area contributed by atoms with Crippen LogP contribution in [0.4, 0.5) is 5.69 Å². The van der Waals surface area contributed by atoms with E-state index in [2.05, 4.69) is 23.2 Å². The number of rotatable bonds is 5. The molecule has 6 heteroatoms. The molecule has 0 bridgehead atoms. The number of cyclic esters (lactones) is 1. The lowest BCUT2D eigenvalue weighted by atomic mass is 9.94. The molecule has 1 saturated heterocycles. The van der Waals surface area contributed by atoms with Gasteiger partial charge >= 0.3 is 5.97 Å². The minimum absolute atomic E-state index is 0.00807. The largest absolute Gasteiger partial charge is 0.457 e. The number of nitrogens with zero attached hydrogens (tertiary/aromatic N) is 2. The molecule has 2 heterocycles. The number of likely N-dealkylation sites (tertiary alicyclic amines) is 1. The molecule has 2 aliphatic rings. The smallest absolute Gasteiger partial charge is 0.338 e. The molecule has 6 nitrogen and oxygen atoms in total. The summed E-state index contributed by atoms with van der Waals surface area (Å²) in [5.41, 5.74) is 6.37. The van der Waals surface area contributed by atoms with Crippen LogP contribution in [-0.2, 0) is 22.6 Å². The molecule has 160 valence electrons. The average Bonchev–Trinajstić information content (AvgIpc) is 3.16. The minimum atomic E-state index is -0.223. The van der Waals surface area contributed by atoms with E-state index < -0.39 is 0 Å². The fraction of sp³-hybridized carbons (Fsp3) is 0.400. The van der Waals surface area contributed by atoms with Gasteiger partial charge in [-0.25, -0.2) is 4.79 Å². The van der Waals surface area contributed by atoms with Crippen molar-refractivity contribution < 1.29 is 14.3 Å². The average molecular weight is 418 g/mol. The first kappa shape index (κ1) is 21.1. The Morgan fingerprint density at radius 2 is 2.00 bits per heavy atom. The Labute approximate surface area is 182 Å². The third-order valence-corrected chi connectivity index (χ3v) is 6.56. The van der Waals surface area contributed by atoms with E-state index in [4.69, 9.17) is 10.00 Å². The number of carbonyl (C=O) groups excluding carboxylic acids is 2. The van der Waals surface area contributed by atoms with Gasteiger partial charge in [0.15, 0.2) is 0 Å². The Morgan fingerprint density at radius 1 is 1.23 bits per heavy atom. The van der Waals surface area contributed by atoms with E-state index in [-0.39, 0.29) is 17.8 Å². The molecule has 1 fully saturated rings. The molecular weight excluding hydrogens is 390 g/mol. The fourth-order valence-corrected chi connectivity index (χ4v) is 4.43. The van der Waals surface area contributed by atoms with Gasteiger partial charge in [-0.1, -0.05) is 12.1 Å². The van der Waals surface area contributed by atoms with Gasteiger partial charge < -0.3 is 15.0 Å². The number of carbonyl (C=O) groups is 2. The molecule has 1 N–H and O–H groups in total. The van der Waals surface area contributed by atoms with Crippen LogP contribution in [0.1, 0.15) is 51.0 Å². The Morgan fingerprint density at radius 3 is 2.74 bits per heavy atom. The van der Waals surface area contributed by atoms with Crippen molar-refractivity contribution in [1.82, 2.24) is 4.90 Å². The molecule has 1 amide bonds. The van der Waals surface area contributed by atoms with Crippen LogP contribution in [-0.4, -0.2) is 36.4 Å². The van der Waals surface area contributed by atoms with Crippen LogP contribution in [0.25, 0.3) is 0 Å². The van der Waals surface area contributed by atoms with Crippen LogP contribution in [0.5, 0.6) is 0 Å². The quantitative estimate of drug-likeness (QED) is 0.750. The minimum Gasteiger partial charge on any atom is -0.457 e. The van der Waals surface area contributed by atoms with Crippen LogP contribution in [0, 0.1) is 31.1 Å². The van der Waals surface area contributed by atoms with Gasteiger partial charge in [0, 0.05) is 23.7 Å². The van der Waals surface area contributed by atoms with Crippen LogP contribution >= 0.6 is 0 Å². The van der Waals surface area contributed by atoms with Crippen molar-refractivity contribution in [2.24, 2.45) is 5.92 Å². The van der Waals surface area contributed by atoms with Crippen molar-refractivity contribution in [3.63, 3.8) is 0 Å². The van der Waals surface area contributed by atoms with Crippen molar-refractivity contribution in [3.8, 4) is 6.07 Å². The lowest BCUT2D eigenvalue weighted by Gasteiger charge is -2.31. The third-order valence-electron chi connectivity index (χ3n) is 6.56. The number of ether oxygens (including phenoxy) is 1. The molecule has 2 aromatic rings. The van der Waals surface area contributed by atoms with Crippen molar-refractivity contribution in [3.05, 3.63) is 63.7 Å². The van der Waals surface area contributed by atoms with Gasteiger partial charge in [-0.3, -0.25) is 4.79 Å². The molecule has 0 unspecified atom stereocenters. The molecule has 0 spiro atoms. The van der Waals surface area contributed by atoms with E-state index in [9.17, 15) is 9.59 Å². The number of hydrogen-bond acceptors (Lipinski definition) is 5. The zero-order chi connectivity index (χ0) is 22.0. The summed E-state index contributed by atoms with van der Waals surface area (Å²) in [6.45, 7) is 7.09. The number of anilines is 1. The second-order valence-corrected chi connectivity index (χ2v) is 8.45. The first-order chi connectivity index (χ1) is 15.0. The van der Waals surface area contributed by atoms with E-state index in [1.807, 2.05) is 25.1 Å². The molecule has 0 saturated carbocycles. The van der Waals surface area contributed by atoms with Crippen LogP contribution < -0.4 is 5.32 Å². The summed E-state index contributed by atoms with van der Waals surface area (Å²) in [5.74, 6) is -0.192. The third kappa shape index (κ3) is 4.47. The van der Waals surface area contributed by atoms with Crippen molar-refractivity contribution >= 4 is 17.6 Å². The SMILES string of the molecule is Cc1ccc(C#N)cc1NC(=O)C1CCN(CCc2ccc3c(c2C)COC3=O)CC1. The van der Waals surface area contributed by atoms with Gasteiger partial charge in [-0.2, -0.15) is 5.26 Å². The summed E-state index contributed by atoms with van der Waals surface area (Å²) >= 11 is 0. The van der Waals surface area contributed by atoms with Gasteiger partial charge in [0.1, 0.15) is 6.61 Å². The number of piperidine rings is 1. The van der Waals surface area contributed by atoms with Crippen LogP contribution in [0.2, 0.25) is 0 Å². The molecule has 2 aromatic carbocycles. The number of benzene rings is 2. The molecule has 0 atom stereocenters. The maximum absolute atomic E-state index is 12.7. The Bertz CT molecular complexity index is 1060. The molecule has 0 aromatic heterocycles. The van der Waals surface area contributed by atoms with E-state index >= 15 is 0 Å². The molecule has 2 aliphatic heterocycles. The second kappa shape index (κ2) is 8.91. The van der Waals surface area contributed by atoms with E-state index in [1.165, 1.54) is 5.56 Å². The first-order valence-electron chi connectivity index (χ1n) is 10.8. The molecule has 4 rings (SSSR count). The molecule has 0 aliphatic carbocycles. The van der Waals surface area contributed by atoms with Gasteiger partial charge in [0.05, 0.1) is 17.2 Å². The van der Waals surface area contributed by atoms with Crippen LogP contribution in [0.15, 0.2) is 30.3 Å². The van der Waals surface area contributed by atoms with E-state index in [1.54, 1.807) is 12.1 Å². The number of aryl methyl sites for hydroxylation is 1. The number of nitriles is 1. The maximum Gasteiger partial charge on any atom is 0.338 e. The van der Waals surface area contributed by atoms with Crippen molar-refractivity contribution in [2.75, 3.05) is 25.0 Å². The zero-order valence-corrected chi connectivity index (χ0v) is 18.0. The molecule has 0 radical (unpaired) electrons. The summed E-state index contributed by atoms with van der Waals surface area (Å²) in [6.07, 6.45) is 2.58. The topological polar surface area (TPSA) is 82.4 Å². The highest BCUT2D eigenvalue weighted by Gasteiger charge is 2.26.